The first-order chi connectivity index (χ1) is 8.41. The van der Waals surface area contributed by atoms with Crippen LogP contribution >= 0.6 is 0 Å². The van der Waals surface area contributed by atoms with Gasteiger partial charge >= 0.3 is 10.4 Å². The molecule has 0 amide bonds. The molecule has 100 valence electrons. The van der Waals surface area contributed by atoms with Gasteiger partial charge in [-0.05, 0) is 31.2 Å². The lowest BCUT2D eigenvalue weighted by molar-refractivity contribution is 0.00121. The molecule has 2 rings (SSSR count). The van der Waals surface area contributed by atoms with Gasteiger partial charge in [0.2, 0.25) is 0 Å². The van der Waals surface area contributed by atoms with Crippen molar-refractivity contribution in [2.24, 2.45) is 0 Å². The van der Waals surface area contributed by atoms with Crippen LogP contribution in [0.3, 0.4) is 0 Å². The van der Waals surface area contributed by atoms with Crippen molar-refractivity contribution in [2.45, 2.75) is 37.5 Å². The van der Waals surface area contributed by atoms with Crippen molar-refractivity contribution in [1.82, 2.24) is 0 Å². The molecule has 0 atom stereocenters. The van der Waals surface area contributed by atoms with Gasteiger partial charge in [-0.2, -0.15) is 8.42 Å². The zero-order valence-corrected chi connectivity index (χ0v) is 10.6. The van der Waals surface area contributed by atoms with E-state index in [0.29, 0.717) is 5.56 Å². The molecule has 0 unspecified atom stereocenters. The third kappa shape index (κ3) is 3.07. The van der Waals surface area contributed by atoms with E-state index in [2.05, 4.69) is 0 Å². The molecule has 4 nitrogen and oxygen atoms in total. The maximum absolute atomic E-state index is 13.2. The smallest absolute Gasteiger partial charge is 0.264 e. The van der Waals surface area contributed by atoms with E-state index in [0.717, 1.165) is 0 Å². The van der Waals surface area contributed by atoms with Crippen LogP contribution in [-0.2, 0) is 20.2 Å². The molecule has 1 saturated carbocycles. The first-order valence-electron chi connectivity index (χ1n) is 5.79. The first kappa shape index (κ1) is 13.5. The standard InChI is InChI=1S/C12H15FO4S/c13-11-6-8-12(9-7-11,17-18(14,15)16)10-4-2-1-3-5-10/h1-5,11H,6-9H2,(H,14,15,16). The third-order valence-corrected chi connectivity index (χ3v) is 3.82. The number of rotatable bonds is 3. The number of halogens is 1. The summed E-state index contributed by atoms with van der Waals surface area (Å²) in [7, 11) is -4.57. The lowest BCUT2D eigenvalue weighted by Crippen LogP contribution is -2.37. The largest absolute Gasteiger partial charge is 0.398 e. The topological polar surface area (TPSA) is 63.6 Å². The van der Waals surface area contributed by atoms with Crippen molar-refractivity contribution in [3.8, 4) is 0 Å². The molecule has 6 heteroatoms. The monoisotopic (exact) mass is 274 g/mol. The van der Waals surface area contributed by atoms with E-state index in [1.165, 1.54) is 0 Å². The van der Waals surface area contributed by atoms with Gasteiger partial charge in [-0.15, -0.1) is 0 Å². The number of benzene rings is 1. The number of hydrogen-bond donors (Lipinski definition) is 1. The van der Waals surface area contributed by atoms with Crippen molar-refractivity contribution in [1.29, 1.82) is 0 Å². The molecule has 0 spiro atoms. The predicted molar refractivity (Wildman–Crippen MR) is 64.1 cm³/mol. The quantitative estimate of drug-likeness (QED) is 0.861. The minimum Gasteiger partial charge on any atom is -0.264 e. The maximum atomic E-state index is 13.2. The molecule has 18 heavy (non-hydrogen) atoms. The van der Waals surface area contributed by atoms with Gasteiger partial charge in [0.15, 0.2) is 0 Å². The molecule has 0 saturated heterocycles. The Balaban J connectivity index is 2.35. The number of alkyl halides is 1. The zero-order valence-electron chi connectivity index (χ0n) is 9.75. The van der Waals surface area contributed by atoms with Crippen LogP contribution in [0.15, 0.2) is 30.3 Å². The van der Waals surface area contributed by atoms with Crippen molar-refractivity contribution < 1.29 is 21.5 Å². The molecule has 1 N–H and O–H groups in total. The first-order valence-corrected chi connectivity index (χ1v) is 7.15. The van der Waals surface area contributed by atoms with Crippen molar-refractivity contribution >= 4 is 10.4 Å². The maximum Gasteiger partial charge on any atom is 0.398 e. The predicted octanol–water partition coefficient (Wildman–Crippen LogP) is 2.61. The van der Waals surface area contributed by atoms with Gasteiger partial charge in [-0.25, -0.2) is 8.57 Å². The second-order valence-corrected chi connectivity index (χ2v) is 5.57. The van der Waals surface area contributed by atoms with Gasteiger partial charge in [0.25, 0.3) is 0 Å². The Hall–Kier alpha value is -0.980. The van der Waals surface area contributed by atoms with Crippen molar-refractivity contribution in [3.63, 3.8) is 0 Å². The molecule has 0 aromatic heterocycles. The highest BCUT2D eigenvalue weighted by molar-refractivity contribution is 7.80. The Morgan fingerprint density at radius 1 is 1.22 bits per heavy atom. The summed E-state index contributed by atoms with van der Waals surface area (Å²) < 4.78 is 49.0. The van der Waals surface area contributed by atoms with Crippen LogP contribution in [0.1, 0.15) is 31.2 Å². The molecule has 0 aliphatic heterocycles. The second kappa shape index (κ2) is 4.95. The summed E-state index contributed by atoms with van der Waals surface area (Å²) in [5.41, 5.74) is -0.494. The zero-order chi connectivity index (χ0) is 13.2. The lowest BCUT2D eigenvalue weighted by Gasteiger charge is -2.36. The Morgan fingerprint density at radius 2 is 1.78 bits per heavy atom. The molecule has 0 radical (unpaired) electrons. The average molecular weight is 274 g/mol. The van der Waals surface area contributed by atoms with Gasteiger partial charge in [0.05, 0.1) is 0 Å². The fourth-order valence-corrected chi connectivity index (χ4v) is 3.08. The second-order valence-electron chi connectivity index (χ2n) is 4.55. The molecule has 1 aliphatic rings. The van der Waals surface area contributed by atoms with Gasteiger partial charge in [-0.1, -0.05) is 30.3 Å². The van der Waals surface area contributed by atoms with Crippen LogP contribution in [0, 0.1) is 0 Å². The Kier molecular flexibility index (Phi) is 3.70. The van der Waals surface area contributed by atoms with Crippen molar-refractivity contribution in [2.75, 3.05) is 0 Å². The summed E-state index contributed by atoms with van der Waals surface area (Å²) in [4.78, 5) is 0. The SMILES string of the molecule is O=S(=O)(O)OC1(c2ccccc2)CCC(F)CC1. The van der Waals surface area contributed by atoms with Gasteiger partial charge in [-0.3, -0.25) is 4.55 Å². The van der Waals surface area contributed by atoms with E-state index in [4.69, 9.17) is 8.74 Å². The Bertz CT molecular complexity index is 492. The number of hydrogen-bond acceptors (Lipinski definition) is 3. The fraction of sp³-hybridized carbons (Fsp3) is 0.500. The summed E-state index contributed by atoms with van der Waals surface area (Å²) in [5.74, 6) is 0. The van der Waals surface area contributed by atoms with Gasteiger partial charge < -0.3 is 0 Å². The summed E-state index contributed by atoms with van der Waals surface area (Å²) in [6.45, 7) is 0. The highest BCUT2D eigenvalue weighted by Crippen LogP contribution is 2.42. The normalized spacial score (nSPS) is 29.1. The summed E-state index contributed by atoms with van der Waals surface area (Å²) in [6, 6.07) is 8.76. The van der Waals surface area contributed by atoms with Crippen LogP contribution in [0.5, 0.6) is 0 Å². The Labute approximate surface area is 106 Å². The van der Waals surface area contributed by atoms with Crippen LogP contribution < -0.4 is 0 Å². The van der Waals surface area contributed by atoms with E-state index in [1.807, 2.05) is 0 Å². The minimum atomic E-state index is -4.57. The molecule has 1 aromatic rings. The van der Waals surface area contributed by atoms with E-state index in [9.17, 15) is 12.8 Å². The lowest BCUT2D eigenvalue weighted by atomic mass is 9.79. The highest BCUT2D eigenvalue weighted by Gasteiger charge is 2.41. The summed E-state index contributed by atoms with van der Waals surface area (Å²) in [5, 5.41) is 0. The summed E-state index contributed by atoms with van der Waals surface area (Å²) >= 11 is 0. The highest BCUT2D eigenvalue weighted by atomic mass is 32.3. The van der Waals surface area contributed by atoms with Crippen LogP contribution in [0.4, 0.5) is 4.39 Å². The van der Waals surface area contributed by atoms with E-state index >= 15 is 0 Å². The van der Waals surface area contributed by atoms with Crippen LogP contribution in [-0.4, -0.2) is 19.1 Å². The molecular formula is C12H15FO4S. The van der Waals surface area contributed by atoms with Crippen molar-refractivity contribution in [3.05, 3.63) is 35.9 Å². The molecule has 0 bridgehead atoms. The summed E-state index contributed by atoms with van der Waals surface area (Å²) in [6.07, 6.45) is -0.0167. The Morgan fingerprint density at radius 3 is 2.28 bits per heavy atom. The molecule has 1 aliphatic carbocycles. The van der Waals surface area contributed by atoms with Gasteiger partial charge in [0, 0.05) is 0 Å². The third-order valence-electron chi connectivity index (χ3n) is 3.29. The molecular weight excluding hydrogens is 259 g/mol. The van der Waals surface area contributed by atoms with Gasteiger partial charge in [0.1, 0.15) is 11.8 Å². The average Bonchev–Trinajstić information content (AvgIpc) is 2.32. The van der Waals surface area contributed by atoms with E-state index < -0.39 is 22.2 Å². The minimum absolute atomic E-state index is 0.227. The molecule has 1 fully saturated rings. The van der Waals surface area contributed by atoms with Crippen LogP contribution in [0.2, 0.25) is 0 Å². The van der Waals surface area contributed by atoms with E-state index in [1.54, 1.807) is 30.3 Å². The molecule has 0 heterocycles. The van der Waals surface area contributed by atoms with Crippen LogP contribution in [0.25, 0.3) is 0 Å². The fourth-order valence-electron chi connectivity index (χ4n) is 2.41. The van der Waals surface area contributed by atoms with E-state index in [-0.39, 0.29) is 25.7 Å². The molecule has 1 aromatic carbocycles.